The summed E-state index contributed by atoms with van der Waals surface area (Å²) in [6, 6.07) is 24.5. The standard InChI is InChI=1S/C29H31N3O4S2/c1-3-22-19-37-29(30-22)26(18-21-13-15-23(16-14-21)32-38(34)35)31-28(33)25(17-20-9-5-4-6-10-20)24-11-7-8-12-27(24)36-2/h4-16,19,25-26,32H,3,17-18H2,1-2H3,(H,31,33)(H,34,35)/t25?,26-/m0/s1. The van der Waals surface area contributed by atoms with Crippen LogP contribution in [0.15, 0.2) is 84.2 Å². The molecule has 0 saturated heterocycles. The van der Waals surface area contributed by atoms with Gasteiger partial charge in [-0.25, -0.2) is 9.19 Å². The van der Waals surface area contributed by atoms with E-state index >= 15 is 0 Å². The van der Waals surface area contributed by atoms with E-state index in [1.165, 1.54) is 11.3 Å². The average Bonchev–Trinajstić information content (AvgIpc) is 3.42. The van der Waals surface area contributed by atoms with Crippen molar-refractivity contribution in [3.8, 4) is 5.75 Å². The van der Waals surface area contributed by atoms with E-state index in [0.717, 1.165) is 33.8 Å². The van der Waals surface area contributed by atoms with Gasteiger partial charge in [0.1, 0.15) is 10.8 Å². The van der Waals surface area contributed by atoms with E-state index in [9.17, 15) is 9.00 Å². The lowest BCUT2D eigenvalue weighted by Crippen LogP contribution is -2.35. The minimum Gasteiger partial charge on any atom is -0.496 e. The van der Waals surface area contributed by atoms with Gasteiger partial charge in [0.25, 0.3) is 11.3 Å². The number of carbonyl (C=O) groups excluding carboxylic acids is 1. The van der Waals surface area contributed by atoms with Crippen molar-refractivity contribution in [2.45, 2.75) is 38.1 Å². The van der Waals surface area contributed by atoms with Crippen molar-refractivity contribution in [2.75, 3.05) is 11.8 Å². The van der Waals surface area contributed by atoms with Crippen LogP contribution in [0.1, 0.15) is 46.3 Å². The lowest BCUT2D eigenvalue weighted by molar-refractivity contribution is -0.123. The van der Waals surface area contributed by atoms with E-state index in [4.69, 9.17) is 14.3 Å². The highest BCUT2D eigenvalue weighted by Crippen LogP contribution is 2.31. The first-order valence-electron chi connectivity index (χ1n) is 12.3. The number of aromatic nitrogens is 1. The number of nitrogens with zero attached hydrogens (tertiary/aromatic N) is 1. The molecule has 3 N–H and O–H groups in total. The Hall–Kier alpha value is -3.53. The number of rotatable bonds is 12. The van der Waals surface area contributed by atoms with Crippen LogP contribution in [0.4, 0.5) is 5.69 Å². The molecule has 0 aliphatic heterocycles. The van der Waals surface area contributed by atoms with E-state index in [0.29, 0.717) is 24.3 Å². The normalized spacial score (nSPS) is 13.3. The second kappa shape index (κ2) is 13.3. The van der Waals surface area contributed by atoms with Crippen LogP contribution in [-0.4, -0.2) is 26.8 Å². The molecule has 4 aromatic rings. The van der Waals surface area contributed by atoms with Gasteiger partial charge in [-0.05, 0) is 48.6 Å². The summed E-state index contributed by atoms with van der Waals surface area (Å²) < 4.78 is 28.2. The molecule has 0 aliphatic carbocycles. The molecule has 0 spiro atoms. The zero-order chi connectivity index (χ0) is 26.9. The summed E-state index contributed by atoms with van der Waals surface area (Å²) >= 11 is -0.601. The number of carbonyl (C=O) groups is 1. The average molecular weight is 550 g/mol. The molecule has 3 atom stereocenters. The van der Waals surface area contributed by atoms with Gasteiger partial charge >= 0.3 is 0 Å². The number of nitrogens with one attached hydrogen (secondary N) is 2. The van der Waals surface area contributed by atoms with E-state index in [-0.39, 0.29) is 11.9 Å². The summed E-state index contributed by atoms with van der Waals surface area (Å²) in [5.74, 6) is 0.102. The molecule has 9 heteroatoms. The predicted octanol–water partition coefficient (Wildman–Crippen LogP) is 5.69. The summed E-state index contributed by atoms with van der Waals surface area (Å²) in [4.78, 5) is 18.8. The van der Waals surface area contributed by atoms with Crippen molar-refractivity contribution in [2.24, 2.45) is 0 Å². The zero-order valence-corrected chi connectivity index (χ0v) is 22.9. The van der Waals surface area contributed by atoms with Crippen LogP contribution in [0.2, 0.25) is 0 Å². The molecule has 38 heavy (non-hydrogen) atoms. The van der Waals surface area contributed by atoms with Crippen molar-refractivity contribution in [3.05, 3.63) is 112 Å². The number of para-hydroxylation sites is 1. The zero-order valence-electron chi connectivity index (χ0n) is 21.3. The molecule has 2 unspecified atom stereocenters. The summed E-state index contributed by atoms with van der Waals surface area (Å²) in [5, 5.41) is 6.15. The SMILES string of the molecule is CCc1csc([C@H](Cc2ccc(NS(=O)O)cc2)NC(=O)C(Cc2ccccc2)c2ccccc2OC)n1. The Bertz CT molecular complexity index is 1360. The number of hydrogen-bond donors (Lipinski definition) is 3. The molecular formula is C29H31N3O4S2. The molecule has 0 radical (unpaired) electrons. The van der Waals surface area contributed by atoms with Gasteiger partial charge in [0, 0.05) is 16.6 Å². The third kappa shape index (κ3) is 7.28. The van der Waals surface area contributed by atoms with Crippen LogP contribution < -0.4 is 14.8 Å². The number of anilines is 1. The summed E-state index contributed by atoms with van der Waals surface area (Å²) in [7, 11) is 1.62. The maximum atomic E-state index is 14.0. The summed E-state index contributed by atoms with van der Waals surface area (Å²) in [5.41, 5.74) is 4.38. The third-order valence-electron chi connectivity index (χ3n) is 6.26. The molecule has 7 nitrogen and oxygen atoms in total. The first kappa shape index (κ1) is 27.5. The Morgan fingerprint density at radius 1 is 1.00 bits per heavy atom. The Morgan fingerprint density at radius 3 is 2.34 bits per heavy atom. The molecule has 0 aliphatic rings. The van der Waals surface area contributed by atoms with Crippen LogP contribution in [0, 0.1) is 0 Å². The topological polar surface area (TPSA) is 101 Å². The maximum Gasteiger partial charge on any atom is 0.259 e. The molecular weight excluding hydrogens is 518 g/mol. The number of thiazole rings is 1. The number of methoxy groups -OCH3 is 1. The molecule has 0 bridgehead atoms. The lowest BCUT2D eigenvalue weighted by Gasteiger charge is -2.23. The van der Waals surface area contributed by atoms with Crippen LogP contribution in [0.5, 0.6) is 5.75 Å². The van der Waals surface area contributed by atoms with Gasteiger partial charge < -0.3 is 10.1 Å². The number of ether oxygens (including phenoxy) is 1. The Kier molecular flexibility index (Phi) is 9.64. The van der Waals surface area contributed by atoms with Crippen LogP contribution in [-0.2, 0) is 35.3 Å². The molecule has 1 aromatic heterocycles. The minimum atomic E-state index is -2.14. The highest BCUT2D eigenvalue weighted by atomic mass is 32.2. The van der Waals surface area contributed by atoms with Crippen molar-refractivity contribution in [1.82, 2.24) is 10.3 Å². The lowest BCUT2D eigenvalue weighted by atomic mass is 9.90. The molecule has 0 fully saturated rings. The highest BCUT2D eigenvalue weighted by molar-refractivity contribution is 7.80. The summed E-state index contributed by atoms with van der Waals surface area (Å²) in [6.45, 7) is 2.06. The number of benzene rings is 3. The van der Waals surface area contributed by atoms with Gasteiger partial charge in [-0.1, -0.05) is 67.6 Å². The van der Waals surface area contributed by atoms with Crippen molar-refractivity contribution in [1.29, 1.82) is 0 Å². The monoisotopic (exact) mass is 549 g/mol. The molecule has 1 heterocycles. The van der Waals surface area contributed by atoms with E-state index < -0.39 is 17.2 Å². The van der Waals surface area contributed by atoms with Crippen molar-refractivity contribution >= 4 is 34.2 Å². The molecule has 198 valence electrons. The quantitative estimate of drug-likeness (QED) is 0.197. The number of aryl methyl sites for hydroxylation is 1. The first-order chi connectivity index (χ1) is 18.5. The number of hydrogen-bond acceptors (Lipinski definition) is 5. The highest BCUT2D eigenvalue weighted by Gasteiger charge is 2.28. The van der Waals surface area contributed by atoms with Gasteiger partial charge in [0.2, 0.25) is 5.91 Å². The van der Waals surface area contributed by atoms with Crippen LogP contribution >= 0.6 is 11.3 Å². The summed E-state index contributed by atoms with van der Waals surface area (Å²) in [6.07, 6.45) is 1.86. The second-order valence-corrected chi connectivity index (χ2v) is 10.4. The Morgan fingerprint density at radius 2 is 1.68 bits per heavy atom. The van der Waals surface area contributed by atoms with Gasteiger partial charge in [-0.3, -0.25) is 14.1 Å². The van der Waals surface area contributed by atoms with Crippen molar-refractivity contribution < 1.29 is 18.3 Å². The molecule has 1 amide bonds. The third-order valence-corrected chi connectivity index (χ3v) is 7.68. The van der Waals surface area contributed by atoms with Crippen LogP contribution in [0.25, 0.3) is 0 Å². The van der Waals surface area contributed by atoms with Gasteiger partial charge in [-0.15, -0.1) is 11.3 Å². The van der Waals surface area contributed by atoms with Gasteiger partial charge in [-0.2, -0.15) is 0 Å². The van der Waals surface area contributed by atoms with Crippen LogP contribution in [0.3, 0.4) is 0 Å². The second-order valence-electron chi connectivity index (χ2n) is 8.83. The molecule has 3 aromatic carbocycles. The fourth-order valence-corrected chi connectivity index (χ4v) is 5.60. The Balaban J connectivity index is 1.64. The van der Waals surface area contributed by atoms with Crippen molar-refractivity contribution in [3.63, 3.8) is 0 Å². The van der Waals surface area contributed by atoms with E-state index in [2.05, 4.69) is 17.0 Å². The maximum absolute atomic E-state index is 14.0. The fraction of sp³-hybridized carbons (Fsp3) is 0.241. The smallest absolute Gasteiger partial charge is 0.259 e. The largest absolute Gasteiger partial charge is 0.496 e. The molecule has 4 rings (SSSR count). The minimum absolute atomic E-state index is 0.106. The Labute approximate surface area is 229 Å². The predicted molar refractivity (Wildman–Crippen MR) is 153 cm³/mol. The van der Waals surface area contributed by atoms with Gasteiger partial charge in [0.15, 0.2) is 0 Å². The van der Waals surface area contributed by atoms with Gasteiger partial charge in [0.05, 0.1) is 24.8 Å². The first-order valence-corrected chi connectivity index (χ1v) is 14.3. The number of amides is 1. The van der Waals surface area contributed by atoms with E-state index in [1.807, 2.05) is 72.1 Å². The molecule has 0 saturated carbocycles. The fourth-order valence-electron chi connectivity index (χ4n) is 4.31. The van der Waals surface area contributed by atoms with E-state index in [1.54, 1.807) is 19.2 Å².